The maximum atomic E-state index is 11.7. The lowest BCUT2D eigenvalue weighted by molar-refractivity contribution is -0.134. The molecule has 6 atom stereocenters. The number of piperidine rings is 1. The van der Waals surface area contributed by atoms with Crippen LogP contribution in [0.15, 0.2) is 0 Å². The number of hydrogen-bond acceptors (Lipinski definition) is 25. The average Bonchev–Trinajstić information content (AvgIpc) is 1.28. The number of carbonyl (C=O) groups excluding carboxylic acids is 3. The van der Waals surface area contributed by atoms with Gasteiger partial charge in [0.15, 0.2) is 0 Å². The zero-order chi connectivity index (χ0) is 113. The third-order valence-electron chi connectivity index (χ3n) is 32.6. The Morgan fingerprint density at radius 2 is 0.853 bits per heavy atom. The van der Waals surface area contributed by atoms with Crippen molar-refractivity contribution in [2.45, 2.75) is 465 Å². The Morgan fingerprint density at radius 3 is 1.11 bits per heavy atom. The van der Waals surface area contributed by atoms with E-state index in [0.717, 1.165) is 269 Å². The van der Waals surface area contributed by atoms with Crippen LogP contribution in [-0.4, -0.2) is 468 Å². The van der Waals surface area contributed by atoms with Crippen molar-refractivity contribution in [1.29, 1.82) is 0 Å². The van der Waals surface area contributed by atoms with Gasteiger partial charge >= 0.3 is 0 Å². The second kappa shape index (κ2) is 78.2. The number of likely N-dealkylation sites (tertiary alicyclic amines) is 8. The Kier molecular flexibility index (Phi) is 76.1. The zero-order valence-electron chi connectivity index (χ0n) is 104. The molecule has 31 heteroatoms. The lowest BCUT2D eigenvalue weighted by atomic mass is 9.93. The number of rotatable bonds is 19. The maximum absolute atomic E-state index is 11.7. The van der Waals surface area contributed by atoms with E-state index in [1.807, 2.05) is 44.5 Å². The third kappa shape index (κ3) is 61.6. The number of sulfonamides is 1. The summed E-state index contributed by atoms with van der Waals surface area (Å²) >= 11 is 0. The predicted molar refractivity (Wildman–Crippen MR) is 634 cm³/mol. The van der Waals surface area contributed by atoms with Gasteiger partial charge in [-0.25, -0.2) is 8.42 Å². The molecule has 0 bridgehead atoms. The van der Waals surface area contributed by atoms with Crippen molar-refractivity contribution in [2.75, 3.05) is 244 Å². The van der Waals surface area contributed by atoms with Crippen LogP contribution in [0, 0.1) is 47.3 Å². The summed E-state index contributed by atoms with van der Waals surface area (Å²) in [7, 11) is 4.82. The van der Waals surface area contributed by atoms with Gasteiger partial charge < -0.3 is 78.5 Å². The fraction of sp³-hybridized carbons (Fsp3) is 0.975. The summed E-state index contributed by atoms with van der Waals surface area (Å²) in [5, 5.41) is 31.5. The van der Waals surface area contributed by atoms with Crippen molar-refractivity contribution >= 4 is 41.2 Å². The van der Waals surface area contributed by atoms with Gasteiger partial charge in [0.25, 0.3) is 0 Å². The molecule has 894 valence electrons. The second-order valence-electron chi connectivity index (χ2n) is 50.7. The van der Waals surface area contributed by atoms with Gasteiger partial charge in [0.1, 0.15) is 0 Å². The maximum Gasteiger partial charge on any atom is 0.225 e. The predicted octanol–water partition coefficient (Wildman–Crippen LogP) is 16.8. The minimum absolute atomic E-state index is 0. The van der Waals surface area contributed by atoms with Crippen molar-refractivity contribution in [1.82, 2.24) is 73.3 Å². The van der Waals surface area contributed by atoms with E-state index in [-0.39, 0.29) is 25.6 Å². The van der Waals surface area contributed by atoms with Gasteiger partial charge in [-0.15, -0.1) is 0 Å². The molecule has 16 heterocycles. The summed E-state index contributed by atoms with van der Waals surface area (Å²) in [4.78, 5) is 63.7. The number of aliphatic hydroxyl groups excluding tert-OH is 1. The van der Waals surface area contributed by atoms with Crippen LogP contribution < -0.4 is 5.32 Å². The van der Waals surface area contributed by atoms with Gasteiger partial charge in [0.05, 0.1) is 67.8 Å². The number of nitrogens with one attached hydrogen (secondary N) is 1. The first-order valence-corrected chi connectivity index (χ1v) is 61.8. The fourth-order valence-corrected chi connectivity index (χ4v) is 22.1. The third-order valence-corrected chi connectivity index (χ3v) is 34.7. The quantitative estimate of drug-likeness (QED) is 0.0937. The van der Waals surface area contributed by atoms with Gasteiger partial charge in [-0.2, -0.15) is 17.8 Å². The molecule has 150 heavy (non-hydrogen) atoms. The number of likely N-dealkylation sites (N-methyl/N-ethyl adjacent to an activating group) is 1. The number of methoxy groups -OCH3 is 2. The first-order valence-electron chi connectivity index (χ1n) is 60.2. The van der Waals surface area contributed by atoms with Crippen molar-refractivity contribution in [2.24, 2.45) is 47.3 Å². The van der Waals surface area contributed by atoms with Crippen LogP contribution in [0.4, 0.5) is 0 Å². The largest absolute Gasteiger partial charge is 0.392 e. The summed E-state index contributed by atoms with van der Waals surface area (Å²) in [6.45, 7) is 108. The van der Waals surface area contributed by atoms with Gasteiger partial charge in [0.2, 0.25) is 27.7 Å². The molecule has 0 aromatic carbocycles. The molecule has 29 nitrogen and oxygen atoms in total. The summed E-state index contributed by atoms with van der Waals surface area (Å²) in [5.41, 5.74) is -0.796. The number of morpholine rings is 1. The molecule has 5 unspecified atom stereocenters. The highest BCUT2D eigenvalue weighted by molar-refractivity contribution is 7.89. The number of hydrogen-bond donors (Lipinski definition) is 4. The molecule has 16 saturated heterocycles. The topological polar surface area (TPSA) is 259 Å². The molecule has 17 fully saturated rings. The highest BCUT2D eigenvalue weighted by Crippen LogP contribution is 2.33. The Morgan fingerprint density at radius 1 is 0.387 bits per heavy atom. The summed E-state index contributed by atoms with van der Waals surface area (Å²) < 4.78 is 55.0. The van der Waals surface area contributed by atoms with Crippen LogP contribution in [0.25, 0.3) is 0 Å². The molecule has 16 aliphatic heterocycles. The highest BCUT2D eigenvalue weighted by Gasteiger charge is 2.40. The minimum atomic E-state index is -2.85. The van der Waals surface area contributed by atoms with Crippen molar-refractivity contribution in [3.63, 3.8) is 0 Å². The Bertz CT molecular complexity index is 3320. The summed E-state index contributed by atoms with van der Waals surface area (Å²) in [6, 6.07) is 7.85. The van der Waals surface area contributed by atoms with Crippen LogP contribution in [0.3, 0.4) is 0 Å². The van der Waals surface area contributed by atoms with E-state index in [1.165, 1.54) is 104 Å². The number of β-amino-alcohol motifs (C(OH)–C–C–N with tert-alkyl or cyclic N) is 2. The molecular formula is C119H247N15O14S2. The molecule has 3 amide bonds. The minimum Gasteiger partial charge on any atom is -0.392 e. The number of piperazine rings is 2. The van der Waals surface area contributed by atoms with E-state index in [2.05, 4.69) is 274 Å². The SMILES string of the molecule is CC(C)C1CCC(=O)N1C.CC(C)C1CCCN1.CC(C)C1CCCO1.CC(C)C1CCOC1.CC(C)C1COC1.CC(C)N1CC(C)(O)C1.CC(C)N1CCC(C)(O)CC1.CC(C)N1CCCC1.CC(C)N1CCCC1=O.CC(C)N1CCCS1(=O)=O.CC(C)N1CCN(C(=O)C2CC2)CC1.CC(C)N1CCN(C)CC1.CC(C)N1CCOCC1.CC(C)N1CC[C@H](O)C1.COC1CCN(C(C)C)C1.COC1CN(C(C)C)C1.S. The normalized spacial score (nSPS) is 25.5. The number of carbonyl (C=O) groups is 3. The molecule has 1 aliphatic carbocycles. The molecule has 4 N–H and O–H groups in total. The monoisotopic (exact) mass is 2170 g/mol. The first kappa shape index (κ1) is 146. The van der Waals surface area contributed by atoms with Gasteiger partial charge in [0, 0.05) is 288 Å². The highest BCUT2D eigenvalue weighted by atomic mass is 32.2. The number of nitrogens with zero attached hydrogens (tertiary/aromatic N) is 14. The van der Waals surface area contributed by atoms with E-state index in [4.69, 9.17) is 33.5 Å². The average molecular weight is 2180 g/mol. The van der Waals surface area contributed by atoms with Crippen LogP contribution in [0.1, 0.15) is 351 Å². The van der Waals surface area contributed by atoms with Crippen LogP contribution in [0.2, 0.25) is 0 Å². The second-order valence-corrected chi connectivity index (χ2v) is 52.7. The van der Waals surface area contributed by atoms with Gasteiger partial charge in [-0.1, -0.05) is 69.2 Å². The van der Waals surface area contributed by atoms with Crippen LogP contribution in [0.5, 0.6) is 0 Å². The van der Waals surface area contributed by atoms with Crippen molar-refractivity contribution in [3.05, 3.63) is 0 Å². The lowest BCUT2D eigenvalue weighted by Gasteiger charge is -2.46. The van der Waals surface area contributed by atoms with Crippen LogP contribution in [-0.2, 0) is 52.8 Å². The lowest BCUT2D eigenvalue weighted by Crippen LogP contribution is -2.61. The molecule has 0 aromatic heterocycles. The number of amides is 3. The van der Waals surface area contributed by atoms with Gasteiger partial charge in [-0.3, -0.25) is 48.7 Å². The number of aliphatic hydroxyl groups is 3. The molecule has 0 aromatic rings. The summed E-state index contributed by atoms with van der Waals surface area (Å²) in [6.07, 6.45) is 21.6. The Hall–Kier alpha value is -2.13. The standard InChI is InChI=1S/C11H20N2O.C9H19NO.C8H18N2.C8H17NO.C8H15NO.4C7H15NO.C7H13NO.2C7H15N.2C7H14O.C6H13NO2S.C6H12O.H2S/c1-9(2)12-5-7-13(8-6-12)11(14)10-3-4-10;1-8(2)10-6-4-9(3,11)5-7-10;1-8(2)10-6-4-9(3)5-7-10;1-7(2)9-5-4-8(6-9)10-3;1-6(2)7-4-5-8(10)9(7)3;1-6(2)8-4-7(5-8)9-3;1-6(2)8-4-7(3,9)5-8;1-7(2)8-3-5-9-6-4-8;1-6(2)8-4-3-7(9)5-8;1-6(2)8-5-3-4-7(8)9;1-7(2)8-5-3-4-6-8;1-6(2)7-4-3-5-8-7;1-6(2)7-3-4-8-5-7;1-6(2)7-4-3-5-8-7;1-6(2)7-4-3-5-10(7,8)9;1-5(2)6-3-7-4-6;/h9-10H,3-8H2,1-2H3;8,11H,4-7H2,1-3H3;8H,4-7H2,1-3H3;7-8H,4-6H2,1-3H3;6-7H,4-5H2,1-3H3;6-7H,4-5H2,1-3H3;6,9H,4-5H2,1-3H3;7H,3-6H2,1-2H3;6-7,9H,3-5H2,1-2H3;6H,3-5H2,1-2H3;7H,3-6H2,1-2H3;6-8H,3-5H2,1-2H3;2*6-7H,3-5H2,1-2H3;6H,3-5H2,1-2H3;5-6H,3-4H2,1-2H3;1H2/t;;;;;;;;7-;;;;;;;;/m........0......../s1. The molecular weight excluding hydrogens is 1930 g/mol. The molecule has 17 aliphatic rings. The van der Waals surface area contributed by atoms with Crippen molar-refractivity contribution < 1.29 is 66.5 Å². The van der Waals surface area contributed by atoms with E-state index in [1.54, 1.807) is 18.5 Å². The van der Waals surface area contributed by atoms with Crippen molar-refractivity contribution in [3.8, 4) is 0 Å². The van der Waals surface area contributed by atoms with E-state index in [0.29, 0.717) is 115 Å². The smallest absolute Gasteiger partial charge is 0.225 e. The molecule has 0 radical (unpaired) electrons. The van der Waals surface area contributed by atoms with Gasteiger partial charge in [-0.05, 0) is 331 Å². The molecule has 1 saturated carbocycles. The zero-order valence-corrected chi connectivity index (χ0v) is 106. The van der Waals surface area contributed by atoms with E-state index < -0.39 is 21.2 Å². The Labute approximate surface area is 931 Å². The Balaban J connectivity index is 0.000000801. The first-order chi connectivity index (χ1) is 69.8. The molecule has 17 rings (SSSR count). The van der Waals surface area contributed by atoms with Crippen LogP contribution >= 0.6 is 13.5 Å². The van der Waals surface area contributed by atoms with E-state index >= 15 is 0 Å². The summed E-state index contributed by atoms with van der Waals surface area (Å²) in [5.74, 6) is 7.27. The fourth-order valence-electron chi connectivity index (χ4n) is 20.3. The molecule has 0 spiro atoms. The number of ether oxygens (including phenoxy) is 6. The van der Waals surface area contributed by atoms with E-state index in [9.17, 15) is 33.0 Å².